The van der Waals surface area contributed by atoms with Gasteiger partial charge in [-0.05, 0) is 24.5 Å². The highest BCUT2D eigenvalue weighted by Crippen LogP contribution is 2.31. The van der Waals surface area contributed by atoms with Crippen LogP contribution in [0.1, 0.15) is 25.8 Å². The van der Waals surface area contributed by atoms with Crippen molar-refractivity contribution in [3.63, 3.8) is 0 Å². The Morgan fingerprint density at radius 1 is 1.20 bits per heavy atom. The number of amides is 1. The van der Waals surface area contributed by atoms with E-state index in [-0.39, 0.29) is 35.3 Å². The molecule has 1 amide bonds. The van der Waals surface area contributed by atoms with Crippen LogP contribution < -0.4 is 5.32 Å². The number of carbonyl (C=O) groups is 1. The average molecular weight is 442 g/mol. The number of nitrogens with zero attached hydrogens (tertiary/aromatic N) is 3. The van der Waals surface area contributed by atoms with Crippen molar-refractivity contribution in [2.45, 2.75) is 32.5 Å². The number of hydrogen-bond acceptors (Lipinski definition) is 5. The van der Waals surface area contributed by atoms with Gasteiger partial charge < -0.3 is 5.32 Å². The summed E-state index contributed by atoms with van der Waals surface area (Å²) in [7, 11) is -3.48. The summed E-state index contributed by atoms with van der Waals surface area (Å²) in [6, 6.07) is 3.80. The molecule has 1 aromatic heterocycles. The maximum Gasteiger partial charge on any atom is 0.416 e. The monoisotopic (exact) mass is 442 g/mol. The number of nitrogens with one attached hydrogen (secondary N) is 1. The van der Waals surface area contributed by atoms with Gasteiger partial charge in [0.05, 0.1) is 29.4 Å². The normalized spacial score (nSPS) is 17.8. The van der Waals surface area contributed by atoms with Gasteiger partial charge >= 0.3 is 6.18 Å². The number of halogens is 3. The van der Waals surface area contributed by atoms with Gasteiger partial charge in [0.15, 0.2) is 5.82 Å². The van der Waals surface area contributed by atoms with E-state index in [9.17, 15) is 26.4 Å². The molecule has 162 valence electrons. The molecule has 0 spiro atoms. The highest BCUT2D eigenvalue weighted by Gasteiger charge is 2.40. The molecule has 1 aliphatic heterocycles. The lowest BCUT2D eigenvalue weighted by atomic mass is 10.0. The molecule has 30 heavy (non-hydrogen) atoms. The number of rotatable bonds is 5. The molecule has 1 unspecified atom stereocenters. The maximum absolute atomic E-state index is 12.9. The van der Waals surface area contributed by atoms with Crippen molar-refractivity contribution in [1.82, 2.24) is 14.3 Å². The second-order valence-corrected chi connectivity index (χ2v) is 9.36. The fourth-order valence-corrected chi connectivity index (χ4v) is 5.15. The molecular formula is C19H21F3N4O3S. The molecule has 1 atom stereocenters. The van der Waals surface area contributed by atoms with E-state index >= 15 is 0 Å². The van der Waals surface area contributed by atoms with Crippen molar-refractivity contribution in [3.05, 3.63) is 42.2 Å². The zero-order valence-electron chi connectivity index (χ0n) is 16.3. The van der Waals surface area contributed by atoms with Crippen LogP contribution in [0.5, 0.6) is 0 Å². The summed E-state index contributed by atoms with van der Waals surface area (Å²) in [6.07, 6.45) is -1.53. The largest absolute Gasteiger partial charge is 0.416 e. The molecule has 1 fully saturated rings. The Labute approximate surface area is 172 Å². The van der Waals surface area contributed by atoms with E-state index in [0.717, 1.165) is 12.1 Å². The van der Waals surface area contributed by atoms with Gasteiger partial charge in [-0.3, -0.25) is 9.78 Å². The first-order chi connectivity index (χ1) is 14.0. The number of sulfonamides is 1. The number of alkyl halides is 3. The van der Waals surface area contributed by atoms with Crippen LogP contribution in [0.3, 0.4) is 0 Å². The third kappa shape index (κ3) is 4.78. The Kier molecular flexibility index (Phi) is 6.14. The topological polar surface area (TPSA) is 92.3 Å². The fourth-order valence-electron chi connectivity index (χ4n) is 3.33. The fraction of sp³-hybridized carbons (Fsp3) is 0.421. The second kappa shape index (κ2) is 8.31. The molecule has 0 radical (unpaired) electrons. The van der Waals surface area contributed by atoms with Crippen LogP contribution in [-0.4, -0.2) is 46.9 Å². The van der Waals surface area contributed by atoms with Crippen LogP contribution in [0.4, 0.5) is 19.0 Å². The Morgan fingerprint density at radius 2 is 1.93 bits per heavy atom. The highest BCUT2D eigenvalue weighted by atomic mass is 32.2. The first-order valence-electron chi connectivity index (χ1n) is 9.29. The molecule has 11 heteroatoms. The van der Waals surface area contributed by atoms with Crippen LogP contribution in [0.15, 0.2) is 36.7 Å². The number of hydrogen-bond donors (Lipinski definition) is 1. The van der Waals surface area contributed by atoms with E-state index in [1.165, 1.54) is 28.8 Å². The number of aromatic nitrogens is 2. The molecule has 2 heterocycles. The zero-order chi connectivity index (χ0) is 22.1. The van der Waals surface area contributed by atoms with Gasteiger partial charge in [0.1, 0.15) is 6.04 Å². The smallest absolute Gasteiger partial charge is 0.308 e. The number of carbonyl (C=O) groups excluding carboxylic acids is 1. The predicted octanol–water partition coefficient (Wildman–Crippen LogP) is 3.16. The van der Waals surface area contributed by atoms with Crippen molar-refractivity contribution >= 4 is 21.7 Å². The third-order valence-electron chi connectivity index (χ3n) is 4.74. The molecule has 3 rings (SSSR count). The third-order valence-corrected chi connectivity index (χ3v) is 6.67. The Morgan fingerprint density at radius 3 is 2.47 bits per heavy atom. The van der Waals surface area contributed by atoms with E-state index in [1.54, 1.807) is 13.8 Å². The molecule has 7 nitrogen and oxygen atoms in total. The predicted molar refractivity (Wildman–Crippen MR) is 105 cm³/mol. The van der Waals surface area contributed by atoms with Gasteiger partial charge in [0.2, 0.25) is 15.9 Å². The van der Waals surface area contributed by atoms with Crippen molar-refractivity contribution < 1.29 is 26.4 Å². The Hall–Kier alpha value is -2.53. The average Bonchev–Trinajstić information content (AvgIpc) is 3.00. The summed E-state index contributed by atoms with van der Waals surface area (Å²) in [6.45, 7) is 3.78. The summed E-state index contributed by atoms with van der Waals surface area (Å²) in [4.78, 5) is 20.9. The molecule has 0 saturated carbocycles. The SMILES string of the molecule is CC(C)C(C(=O)Nc1cnc(-c2cccc(C(F)(F)F)c2)cn1)N1CCCS1(=O)=O. The Balaban J connectivity index is 1.77. The number of benzene rings is 1. The highest BCUT2D eigenvalue weighted by molar-refractivity contribution is 7.89. The summed E-state index contributed by atoms with van der Waals surface area (Å²) in [5, 5.41) is 2.55. The first-order valence-corrected chi connectivity index (χ1v) is 10.9. The lowest BCUT2D eigenvalue weighted by Crippen LogP contribution is -2.48. The molecule has 2 aromatic rings. The van der Waals surface area contributed by atoms with Gasteiger partial charge in [0, 0.05) is 12.1 Å². The minimum atomic E-state index is -4.47. The van der Waals surface area contributed by atoms with E-state index in [1.807, 2.05) is 0 Å². The van der Waals surface area contributed by atoms with E-state index in [4.69, 9.17) is 0 Å². The van der Waals surface area contributed by atoms with Crippen molar-refractivity contribution in [2.24, 2.45) is 5.92 Å². The molecule has 0 bridgehead atoms. The van der Waals surface area contributed by atoms with Crippen LogP contribution in [0, 0.1) is 5.92 Å². The summed E-state index contributed by atoms with van der Waals surface area (Å²) in [5.41, 5.74) is -0.356. The van der Waals surface area contributed by atoms with E-state index in [0.29, 0.717) is 6.42 Å². The van der Waals surface area contributed by atoms with Gasteiger partial charge in [-0.15, -0.1) is 0 Å². The van der Waals surface area contributed by atoms with Crippen LogP contribution >= 0.6 is 0 Å². The molecular weight excluding hydrogens is 421 g/mol. The van der Waals surface area contributed by atoms with Gasteiger partial charge in [-0.1, -0.05) is 26.0 Å². The molecule has 1 aliphatic rings. The molecule has 1 N–H and O–H groups in total. The lowest BCUT2D eigenvalue weighted by molar-refractivity contribution is -0.137. The number of anilines is 1. The van der Waals surface area contributed by atoms with Crippen LogP contribution in [0.2, 0.25) is 0 Å². The standard InChI is InChI=1S/C19H21F3N4O3S/c1-12(2)17(26-7-4-8-30(26,28)29)18(27)25-16-11-23-15(10-24-16)13-5-3-6-14(9-13)19(20,21)22/h3,5-6,9-12,17H,4,7-8H2,1-2H3,(H,24,25,27). The molecule has 0 aliphatic carbocycles. The summed E-state index contributed by atoms with van der Waals surface area (Å²) < 4.78 is 64.3. The van der Waals surface area contributed by atoms with E-state index in [2.05, 4.69) is 15.3 Å². The zero-order valence-corrected chi connectivity index (χ0v) is 17.2. The van der Waals surface area contributed by atoms with Gasteiger partial charge in [-0.2, -0.15) is 17.5 Å². The van der Waals surface area contributed by atoms with Crippen molar-refractivity contribution in [1.29, 1.82) is 0 Å². The second-order valence-electron chi connectivity index (χ2n) is 7.32. The first kappa shape index (κ1) is 22.2. The summed E-state index contributed by atoms with van der Waals surface area (Å²) >= 11 is 0. The van der Waals surface area contributed by atoms with Crippen molar-refractivity contribution in [3.8, 4) is 11.3 Å². The summed E-state index contributed by atoms with van der Waals surface area (Å²) in [5.74, 6) is -0.709. The van der Waals surface area contributed by atoms with Crippen molar-refractivity contribution in [2.75, 3.05) is 17.6 Å². The Bertz CT molecular complexity index is 1020. The van der Waals surface area contributed by atoms with Crippen LogP contribution in [0.25, 0.3) is 11.3 Å². The maximum atomic E-state index is 12.9. The molecule has 1 aromatic carbocycles. The minimum absolute atomic E-state index is 0.00892. The van der Waals surface area contributed by atoms with Gasteiger partial charge in [0.25, 0.3) is 0 Å². The molecule has 1 saturated heterocycles. The van der Waals surface area contributed by atoms with E-state index < -0.39 is 33.7 Å². The van der Waals surface area contributed by atoms with Gasteiger partial charge in [-0.25, -0.2) is 13.4 Å². The minimum Gasteiger partial charge on any atom is -0.308 e. The lowest BCUT2D eigenvalue weighted by Gasteiger charge is -2.28. The van der Waals surface area contributed by atoms with Crippen LogP contribution in [-0.2, 0) is 21.0 Å². The quantitative estimate of drug-likeness (QED) is 0.768.